The van der Waals surface area contributed by atoms with Crippen LogP contribution in [0.5, 0.6) is 5.75 Å². The van der Waals surface area contributed by atoms with Gasteiger partial charge >= 0.3 is 5.97 Å². The smallest absolute Gasteiger partial charge is 0.323 e. The molecule has 1 aromatic rings. The summed E-state index contributed by atoms with van der Waals surface area (Å²) in [6, 6.07) is 6.04. The van der Waals surface area contributed by atoms with Crippen LogP contribution in [-0.2, 0) is 10.2 Å². The number of carboxylic acids is 1. The summed E-state index contributed by atoms with van der Waals surface area (Å²) in [4.78, 5) is 12.9. The molecule has 1 aliphatic rings. The van der Waals surface area contributed by atoms with Gasteiger partial charge in [-0.05, 0) is 30.0 Å². The second kappa shape index (κ2) is 4.76. The van der Waals surface area contributed by atoms with E-state index < -0.39 is 5.97 Å². The first kappa shape index (κ1) is 13.7. The number of ether oxygens (including phenoxy) is 1. The molecule has 0 saturated heterocycles. The largest absolute Gasteiger partial charge is 0.487 e. The van der Waals surface area contributed by atoms with Crippen LogP contribution in [0.25, 0.3) is 0 Å². The van der Waals surface area contributed by atoms with Gasteiger partial charge in [-0.3, -0.25) is 4.79 Å². The highest BCUT2D eigenvalue weighted by atomic mass is 16.5. The maximum atomic E-state index is 11.0. The average Bonchev–Trinajstić information content (AvgIpc) is 2.26. The van der Waals surface area contributed by atoms with Gasteiger partial charge in [-0.1, -0.05) is 26.8 Å². The summed E-state index contributed by atoms with van der Waals surface area (Å²) >= 11 is 0. The number of fused-ring (bicyclic) bond motifs is 1. The normalized spacial score (nSPS) is 18.7. The Kier molecular flexibility index (Phi) is 3.43. The minimum Gasteiger partial charge on any atom is -0.487 e. The number of hydrogen-bond acceptors (Lipinski definition) is 3. The van der Waals surface area contributed by atoms with Crippen LogP contribution >= 0.6 is 0 Å². The van der Waals surface area contributed by atoms with Crippen molar-refractivity contribution in [2.24, 2.45) is 0 Å². The number of benzene rings is 1. The summed E-state index contributed by atoms with van der Waals surface area (Å²) in [5, 5.41) is 9.02. The van der Waals surface area contributed by atoms with E-state index in [1.807, 2.05) is 24.0 Å². The van der Waals surface area contributed by atoms with Crippen molar-refractivity contribution in [3.63, 3.8) is 0 Å². The Hall–Kier alpha value is -1.71. The van der Waals surface area contributed by atoms with Crippen LogP contribution in [0.4, 0.5) is 5.69 Å². The van der Waals surface area contributed by atoms with Crippen molar-refractivity contribution in [1.82, 2.24) is 0 Å². The number of hydrogen-bond donors (Lipinski definition) is 1. The van der Waals surface area contributed by atoms with Crippen LogP contribution in [0, 0.1) is 0 Å². The molecule has 19 heavy (non-hydrogen) atoms. The maximum Gasteiger partial charge on any atom is 0.323 e. The van der Waals surface area contributed by atoms with Crippen LogP contribution < -0.4 is 9.64 Å². The summed E-state index contributed by atoms with van der Waals surface area (Å²) in [6.07, 6.45) is 0.00679. The summed E-state index contributed by atoms with van der Waals surface area (Å²) in [5.74, 6) is -0.0470. The van der Waals surface area contributed by atoms with Crippen molar-refractivity contribution in [2.45, 2.75) is 39.2 Å². The molecule has 0 aromatic heterocycles. The van der Waals surface area contributed by atoms with Crippen molar-refractivity contribution < 1.29 is 14.6 Å². The molecule has 1 heterocycles. The van der Waals surface area contributed by atoms with Crippen molar-refractivity contribution in [3.05, 3.63) is 23.8 Å². The van der Waals surface area contributed by atoms with E-state index in [2.05, 4.69) is 26.8 Å². The lowest BCUT2D eigenvalue weighted by Gasteiger charge is -2.35. The van der Waals surface area contributed by atoms with Gasteiger partial charge in [0.1, 0.15) is 18.4 Å². The number of anilines is 1. The standard InChI is InChI=1S/C15H21NO3/c1-10-8-16(9-14(17)18)12-7-11(15(2,3)4)5-6-13(12)19-10/h5-7,10H,8-9H2,1-4H3,(H,17,18). The topological polar surface area (TPSA) is 49.8 Å². The second-order valence-corrected chi connectivity index (χ2v) is 6.14. The minimum absolute atomic E-state index is 0.00679. The molecule has 0 bridgehead atoms. The third-order valence-electron chi connectivity index (χ3n) is 3.30. The van der Waals surface area contributed by atoms with E-state index in [9.17, 15) is 4.79 Å². The van der Waals surface area contributed by atoms with E-state index in [4.69, 9.17) is 9.84 Å². The number of carboxylic acid groups (broad SMARTS) is 1. The fourth-order valence-corrected chi connectivity index (χ4v) is 2.31. The fraction of sp³-hybridized carbons (Fsp3) is 0.533. The first-order valence-corrected chi connectivity index (χ1v) is 6.55. The summed E-state index contributed by atoms with van der Waals surface area (Å²) in [5.41, 5.74) is 2.10. The average molecular weight is 263 g/mol. The van der Waals surface area contributed by atoms with Gasteiger partial charge in [0.15, 0.2) is 0 Å². The van der Waals surface area contributed by atoms with Crippen molar-refractivity contribution in [2.75, 3.05) is 18.0 Å². The lowest BCUT2D eigenvalue weighted by molar-refractivity contribution is -0.135. The Labute approximate surface area is 114 Å². The zero-order valence-corrected chi connectivity index (χ0v) is 11.9. The number of carbonyl (C=O) groups is 1. The monoisotopic (exact) mass is 263 g/mol. The zero-order chi connectivity index (χ0) is 14.2. The summed E-state index contributed by atoms with van der Waals surface area (Å²) in [7, 11) is 0. The molecule has 0 aliphatic carbocycles. The Morgan fingerprint density at radius 1 is 1.47 bits per heavy atom. The molecule has 2 rings (SSSR count). The Balaban J connectivity index is 2.41. The van der Waals surface area contributed by atoms with E-state index in [-0.39, 0.29) is 18.1 Å². The van der Waals surface area contributed by atoms with Crippen LogP contribution in [0.1, 0.15) is 33.3 Å². The van der Waals surface area contributed by atoms with Crippen molar-refractivity contribution >= 4 is 11.7 Å². The molecule has 0 saturated carbocycles. The molecule has 0 spiro atoms. The third-order valence-corrected chi connectivity index (χ3v) is 3.30. The number of nitrogens with zero attached hydrogens (tertiary/aromatic N) is 1. The fourth-order valence-electron chi connectivity index (χ4n) is 2.31. The van der Waals surface area contributed by atoms with E-state index in [1.54, 1.807) is 0 Å². The van der Waals surface area contributed by atoms with Gasteiger partial charge in [0.05, 0.1) is 12.2 Å². The van der Waals surface area contributed by atoms with Gasteiger partial charge in [0.2, 0.25) is 0 Å². The molecule has 104 valence electrons. The molecule has 0 amide bonds. The Bertz CT molecular complexity index is 491. The molecular weight excluding hydrogens is 242 g/mol. The third kappa shape index (κ3) is 3.00. The summed E-state index contributed by atoms with van der Waals surface area (Å²) < 4.78 is 5.78. The Morgan fingerprint density at radius 2 is 2.16 bits per heavy atom. The molecule has 4 heteroatoms. The highest BCUT2D eigenvalue weighted by molar-refractivity contribution is 5.76. The molecule has 0 radical (unpaired) electrons. The maximum absolute atomic E-state index is 11.0. The van der Waals surface area contributed by atoms with Crippen LogP contribution in [-0.4, -0.2) is 30.3 Å². The van der Waals surface area contributed by atoms with E-state index in [0.29, 0.717) is 6.54 Å². The first-order valence-electron chi connectivity index (χ1n) is 6.55. The van der Waals surface area contributed by atoms with Gasteiger partial charge in [-0.15, -0.1) is 0 Å². The Morgan fingerprint density at radius 3 is 2.74 bits per heavy atom. The van der Waals surface area contributed by atoms with E-state index >= 15 is 0 Å². The molecule has 1 atom stereocenters. The predicted octanol–water partition coefficient (Wildman–Crippen LogP) is 2.66. The van der Waals surface area contributed by atoms with Gasteiger partial charge in [0.25, 0.3) is 0 Å². The minimum atomic E-state index is -0.818. The van der Waals surface area contributed by atoms with Crippen molar-refractivity contribution in [1.29, 1.82) is 0 Å². The lowest BCUT2D eigenvalue weighted by atomic mass is 9.86. The zero-order valence-electron chi connectivity index (χ0n) is 11.9. The molecule has 1 aromatic carbocycles. The molecule has 0 fully saturated rings. The second-order valence-electron chi connectivity index (χ2n) is 6.14. The summed E-state index contributed by atoms with van der Waals surface area (Å²) in [6.45, 7) is 8.99. The molecule has 1 aliphatic heterocycles. The van der Waals surface area contributed by atoms with E-state index in [1.165, 1.54) is 5.56 Å². The van der Waals surface area contributed by atoms with Gasteiger partial charge in [0, 0.05) is 0 Å². The van der Waals surface area contributed by atoms with Crippen LogP contribution in [0.15, 0.2) is 18.2 Å². The van der Waals surface area contributed by atoms with Crippen LogP contribution in [0.2, 0.25) is 0 Å². The molecule has 1 unspecified atom stereocenters. The van der Waals surface area contributed by atoms with Crippen LogP contribution in [0.3, 0.4) is 0 Å². The highest BCUT2D eigenvalue weighted by Crippen LogP contribution is 2.37. The highest BCUT2D eigenvalue weighted by Gasteiger charge is 2.26. The SMILES string of the molecule is CC1CN(CC(=O)O)c2cc(C(C)(C)C)ccc2O1. The molecular formula is C15H21NO3. The molecule has 4 nitrogen and oxygen atoms in total. The van der Waals surface area contributed by atoms with Gasteiger partial charge < -0.3 is 14.7 Å². The first-order chi connectivity index (χ1) is 8.77. The number of aliphatic carboxylic acids is 1. The molecule has 1 N–H and O–H groups in total. The predicted molar refractivity (Wildman–Crippen MR) is 75.1 cm³/mol. The van der Waals surface area contributed by atoms with E-state index in [0.717, 1.165) is 11.4 Å². The number of rotatable bonds is 2. The van der Waals surface area contributed by atoms with Crippen molar-refractivity contribution in [3.8, 4) is 5.75 Å². The quantitative estimate of drug-likeness (QED) is 0.891. The van der Waals surface area contributed by atoms with Gasteiger partial charge in [-0.2, -0.15) is 0 Å². The lowest BCUT2D eigenvalue weighted by Crippen LogP contribution is -2.41. The van der Waals surface area contributed by atoms with Gasteiger partial charge in [-0.25, -0.2) is 0 Å².